The van der Waals surface area contributed by atoms with E-state index in [4.69, 9.17) is 9.47 Å². The lowest BCUT2D eigenvalue weighted by molar-refractivity contribution is 0.350. The van der Waals surface area contributed by atoms with Crippen LogP contribution in [-0.4, -0.2) is 31.0 Å². The third kappa shape index (κ3) is 3.55. The predicted molar refractivity (Wildman–Crippen MR) is 82.6 cm³/mol. The summed E-state index contributed by atoms with van der Waals surface area (Å²) in [5, 5.41) is 19.5. The van der Waals surface area contributed by atoms with Gasteiger partial charge >= 0.3 is 0 Å². The molecular formula is C17H18O4. The summed E-state index contributed by atoms with van der Waals surface area (Å²) in [6.45, 7) is -0.127. The average molecular weight is 286 g/mol. The summed E-state index contributed by atoms with van der Waals surface area (Å²) in [5.41, 5.74) is 2.20. The van der Waals surface area contributed by atoms with Crippen molar-refractivity contribution in [1.29, 1.82) is 0 Å². The number of benzene rings is 2. The van der Waals surface area contributed by atoms with Gasteiger partial charge in [0.1, 0.15) is 17.2 Å². The quantitative estimate of drug-likeness (QED) is 0.830. The highest BCUT2D eigenvalue weighted by Crippen LogP contribution is 2.28. The molecule has 0 amide bonds. The monoisotopic (exact) mass is 286 g/mol. The van der Waals surface area contributed by atoms with Gasteiger partial charge in [-0.3, -0.25) is 0 Å². The minimum absolute atomic E-state index is 0.105. The van der Waals surface area contributed by atoms with E-state index in [9.17, 15) is 10.2 Å². The zero-order valence-corrected chi connectivity index (χ0v) is 12.0. The molecule has 0 saturated heterocycles. The number of aliphatic hydroxyl groups is 1. The highest BCUT2D eigenvalue weighted by atomic mass is 16.5. The predicted octanol–water partition coefficient (Wildman–Crippen LogP) is 2.94. The van der Waals surface area contributed by atoms with Crippen LogP contribution in [0.3, 0.4) is 0 Å². The van der Waals surface area contributed by atoms with E-state index in [2.05, 4.69) is 0 Å². The van der Waals surface area contributed by atoms with Crippen LogP contribution in [-0.2, 0) is 0 Å². The molecule has 0 atom stereocenters. The molecule has 0 unspecified atom stereocenters. The molecule has 110 valence electrons. The van der Waals surface area contributed by atoms with Crippen LogP contribution >= 0.6 is 0 Å². The molecule has 0 aromatic heterocycles. The molecule has 2 N–H and O–H groups in total. The molecule has 0 aliphatic carbocycles. The van der Waals surface area contributed by atoms with Crippen molar-refractivity contribution in [3.05, 3.63) is 53.6 Å². The van der Waals surface area contributed by atoms with Crippen LogP contribution < -0.4 is 9.47 Å². The number of phenolic OH excluding ortho intramolecular Hbond substituents is 1. The smallest absolute Gasteiger partial charge is 0.126 e. The van der Waals surface area contributed by atoms with Gasteiger partial charge in [0.05, 0.1) is 20.8 Å². The van der Waals surface area contributed by atoms with Crippen LogP contribution in [0, 0.1) is 0 Å². The molecule has 0 radical (unpaired) electrons. The Morgan fingerprint density at radius 1 is 1.00 bits per heavy atom. The Balaban J connectivity index is 2.35. The van der Waals surface area contributed by atoms with Gasteiger partial charge in [-0.15, -0.1) is 0 Å². The largest absolute Gasteiger partial charge is 0.507 e. The van der Waals surface area contributed by atoms with Crippen LogP contribution in [0.5, 0.6) is 17.2 Å². The molecule has 2 aromatic rings. The number of ether oxygens (including phenoxy) is 2. The molecular weight excluding hydrogens is 268 g/mol. The topological polar surface area (TPSA) is 58.9 Å². The molecule has 0 spiro atoms. The highest BCUT2D eigenvalue weighted by molar-refractivity contribution is 5.83. The fourth-order valence-corrected chi connectivity index (χ4v) is 1.99. The summed E-state index contributed by atoms with van der Waals surface area (Å²) in [5.74, 6) is 1.44. The summed E-state index contributed by atoms with van der Waals surface area (Å²) in [6.07, 6.45) is 1.75. The van der Waals surface area contributed by atoms with E-state index in [0.717, 1.165) is 11.3 Å². The first-order valence-corrected chi connectivity index (χ1v) is 6.50. The van der Waals surface area contributed by atoms with Crippen LogP contribution in [0.15, 0.2) is 42.5 Å². The molecule has 0 aliphatic rings. The van der Waals surface area contributed by atoms with Crippen molar-refractivity contribution >= 4 is 11.6 Å². The summed E-state index contributed by atoms with van der Waals surface area (Å²) in [7, 11) is 3.15. The van der Waals surface area contributed by atoms with Gasteiger partial charge in [-0.1, -0.05) is 12.1 Å². The Morgan fingerprint density at radius 3 is 2.14 bits per heavy atom. The van der Waals surface area contributed by atoms with E-state index < -0.39 is 0 Å². The van der Waals surface area contributed by atoms with Gasteiger partial charge in [0, 0.05) is 11.6 Å². The Hall–Kier alpha value is -2.46. The van der Waals surface area contributed by atoms with Crippen molar-refractivity contribution in [2.75, 3.05) is 20.8 Å². The van der Waals surface area contributed by atoms with Crippen molar-refractivity contribution in [2.24, 2.45) is 0 Å². The van der Waals surface area contributed by atoms with E-state index in [-0.39, 0.29) is 12.4 Å². The maximum atomic E-state index is 9.97. The summed E-state index contributed by atoms with van der Waals surface area (Å²) in [6, 6.07) is 12.4. The molecule has 0 heterocycles. The molecule has 0 bridgehead atoms. The molecule has 0 fully saturated rings. The first-order valence-electron chi connectivity index (χ1n) is 6.50. The summed E-state index contributed by atoms with van der Waals surface area (Å²) < 4.78 is 10.2. The fraction of sp³-hybridized carbons (Fsp3) is 0.176. The second-order valence-corrected chi connectivity index (χ2v) is 4.48. The van der Waals surface area contributed by atoms with Gasteiger partial charge in [-0.05, 0) is 41.5 Å². The number of hydrogen-bond donors (Lipinski definition) is 2. The van der Waals surface area contributed by atoms with E-state index in [1.54, 1.807) is 32.4 Å². The van der Waals surface area contributed by atoms with Crippen LogP contribution in [0.25, 0.3) is 11.6 Å². The number of hydrogen-bond acceptors (Lipinski definition) is 4. The van der Waals surface area contributed by atoms with Gasteiger partial charge in [0.25, 0.3) is 0 Å². The van der Waals surface area contributed by atoms with Crippen molar-refractivity contribution in [2.45, 2.75) is 0 Å². The SMILES string of the molecule is COc1ccc(/C(=C/c2ccc(OC)cc2O)CO)cc1. The molecule has 21 heavy (non-hydrogen) atoms. The second kappa shape index (κ2) is 6.81. The third-order valence-electron chi connectivity index (χ3n) is 3.20. The maximum absolute atomic E-state index is 9.97. The van der Waals surface area contributed by atoms with E-state index >= 15 is 0 Å². The van der Waals surface area contributed by atoms with Crippen molar-refractivity contribution in [3.8, 4) is 17.2 Å². The minimum atomic E-state index is -0.127. The van der Waals surface area contributed by atoms with Gasteiger partial charge in [-0.25, -0.2) is 0 Å². The molecule has 4 nitrogen and oxygen atoms in total. The van der Waals surface area contributed by atoms with E-state index in [0.29, 0.717) is 16.9 Å². The van der Waals surface area contributed by atoms with Crippen molar-refractivity contribution in [3.63, 3.8) is 0 Å². The van der Waals surface area contributed by atoms with Crippen molar-refractivity contribution in [1.82, 2.24) is 0 Å². The molecule has 0 saturated carbocycles. The van der Waals surface area contributed by atoms with Crippen LogP contribution in [0.1, 0.15) is 11.1 Å². The lowest BCUT2D eigenvalue weighted by Crippen LogP contribution is -1.92. The molecule has 4 heteroatoms. The number of aromatic hydroxyl groups is 1. The maximum Gasteiger partial charge on any atom is 0.126 e. The molecule has 0 aliphatic heterocycles. The van der Waals surface area contributed by atoms with Gasteiger partial charge in [-0.2, -0.15) is 0 Å². The summed E-state index contributed by atoms with van der Waals surface area (Å²) in [4.78, 5) is 0. The van der Waals surface area contributed by atoms with Gasteiger partial charge in [0.15, 0.2) is 0 Å². The van der Waals surface area contributed by atoms with Crippen LogP contribution in [0.4, 0.5) is 0 Å². The molecule has 2 aromatic carbocycles. The Bertz CT molecular complexity index is 630. The Labute approximate surface area is 123 Å². The van der Waals surface area contributed by atoms with E-state index in [1.165, 1.54) is 6.07 Å². The molecule has 2 rings (SSSR count). The van der Waals surface area contributed by atoms with Crippen molar-refractivity contribution < 1.29 is 19.7 Å². The van der Waals surface area contributed by atoms with E-state index in [1.807, 2.05) is 24.3 Å². The number of aliphatic hydroxyl groups excluding tert-OH is 1. The number of rotatable bonds is 5. The normalized spacial score (nSPS) is 11.3. The number of methoxy groups -OCH3 is 2. The zero-order valence-electron chi connectivity index (χ0n) is 12.0. The average Bonchev–Trinajstić information content (AvgIpc) is 2.54. The number of phenols is 1. The second-order valence-electron chi connectivity index (χ2n) is 4.48. The minimum Gasteiger partial charge on any atom is -0.507 e. The highest BCUT2D eigenvalue weighted by Gasteiger charge is 2.05. The van der Waals surface area contributed by atoms with Gasteiger partial charge in [0.2, 0.25) is 0 Å². The zero-order chi connectivity index (χ0) is 15.2. The lowest BCUT2D eigenvalue weighted by atomic mass is 10.0. The van der Waals surface area contributed by atoms with Crippen LogP contribution in [0.2, 0.25) is 0 Å². The fourth-order valence-electron chi connectivity index (χ4n) is 1.99. The lowest BCUT2D eigenvalue weighted by Gasteiger charge is -2.08. The Kier molecular flexibility index (Phi) is 4.85. The standard InChI is InChI=1S/C17H18O4/c1-20-15-6-3-12(4-7-15)14(11-18)9-13-5-8-16(21-2)10-17(13)19/h3-10,18-19H,11H2,1-2H3/b14-9+. The summed E-state index contributed by atoms with van der Waals surface area (Å²) >= 11 is 0. The van der Waals surface area contributed by atoms with Gasteiger partial charge < -0.3 is 19.7 Å². The first-order chi connectivity index (χ1) is 10.2. The Morgan fingerprint density at radius 2 is 1.62 bits per heavy atom. The first kappa shape index (κ1) is 14.9. The third-order valence-corrected chi connectivity index (χ3v) is 3.20.